The molecule has 32 heavy (non-hydrogen) atoms. The lowest BCUT2D eigenvalue weighted by molar-refractivity contribution is -0.117. The molecule has 0 aliphatic carbocycles. The number of primary amides is 1. The monoisotopic (exact) mass is 456 g/mol. The van der Waals surface area contributed by atoms with Crippen LogP contribution in [0, 0.1) is 0 Å². The minimum Gasteiger partial charge on any atom is -0.378 e. The zero-order chi connectivity index (χ0) is 22.9. The summed E-state index contributed by atoms with van der Waals surface area (Å²) in [6.07, 6.45) is 0. The summed E-state index contributed by atoms with van der Waals surface area (Å²) in [5.41, 5.74) is 7.43. The molecule has 0 unspecified atom stereocenters. The van der Waals surface area contributed by atoms with Gasteiger partial charge in [-0.25, -0.2) is 0 Å². The van der Waals surface area contributed by atoms with E-state index >= 15 is 0 Å². The van der Waals surface area contributed by atoms with Crippen LogP contribution in [0.4, 0.5) is 11.4 Å². The lowest BCUT2D eigenvalue weighted by Crippen LogP contribution is -2.38. The number of morpholine rings is 1. The summed E-state index contributed by atoms with van der Waals surface area (Å²) in [6.45, 7) is 5.23. The van der Waals surface area contributed by atoms with Crippen LogP contribution in [0.25, 0.3) is 0 Å². The molecule has 0 bridgehead atoms. The molecule has 0 radical (unpaired) electrons. The summed E-state index contributed by atoms with van der Waals surface area (Å²) in [6, 6.07) is 14.7. The Bertz CT molecular complexity index is 945. The normalized spacial score (nSPS) is 13.5. The summed E-state index contributed by atoms with van der Waals surface area (Å²) >= 11 is 1.21. The zero-order valence-corrected chi connectivity index (χ0v) is 18.9. The van der Waals surface area contributed by atoms with Gasteiger partial charge in [-0.1, -0.05) is 12.1 Å². The van der Waals surface area contributed by atoms with Crippen LogP contribution in [0.3, 0.4) is 0 Å². The second-order valence-corrected chi connectivity index (χ2v) is 8.28. The Balaban J connectivity index is 1.61. The maximum Gasteiger partial charge on any atom is 0.255 e. The second-order valence-electron chi connectivity index (χ2n) is 7.26. The van der Waals surface area contributed by atoms with Gasteiger partial charge in [0.25, 0.3) is 5.91 Å². The zero-order valence-electron chi connectivity index (χ0n) is 18.1. The fourth-order valence-corrected chi connectivity index (χ4v) is 4.15. The Kier molecular flexibility index (Phi) is 8.52. The molecule has 9 heteroatoms. The highest BCUT2D eigenvalue weighted by atomic mass is 32.2. The van der Waals surface area contributed by atoms with Gasteiger partial charge in [0.2, 0.25) is 11.8 Å². The van der Waals surface area contributed by atoms with Crippen molar-refractivity contribution in [3.63, 3.8) is 0 Å². The molecule has 3 amide bonds. The Morgan fingerprint density at radius 3 is 2.44 bits per heavy atom. The van der Waals surface area contributed by atoms with Gasteiger partial charge in [-0.2, -0.15) is 0 Å². The number of nitrogens with zero attached hydrogens (tertiary/aromatic N) is 2. The number of likely N-dealkylation sites (N-methyl/N-ethyl adjacent to an activating group) is 1. The van der Waals surface area contributed by atoms with Crippen molar-refractivity contribution in [3.05, 3.63) is 54.1 Å². The quantitative estimate of drug-likeness (QED) is 0.561. The molecule has 2 aromatic rings. The number of anilines is 2. The number of carbonyl (C=O) groups is 3. The van der Waals surface area contributed by atoms with Gasteiger partial charge in [0.1, 0.15) is 6.54 Å². The molecule has 3 N–H and O–H groups in total. The third kappa shape index (κ3) is 6.48. The number of hydrogen-bond acceptors (Lipinski definition) is 6. The summed E-state index contributed by atoms with van der Waals surface area (Å²) < 4.78 is 5.37. The number of nitrogens with one attached hydrogen (secondary N) is 1. The fraction of sp³-hybridized carbons (Fsp3) is 0.348. The van der Waals surface area contributed by atoms with E-state index in [4.69, 9.17) is 10.5 Å². The second kappa shape index (κ2) is 11.5. The van der Waals surface area contributed by atoms with E-state index in [9.17, 15) is 14.4 Å². The van der Waals surface area contributed by atoms with Crippen LogP contribution in [0.1, 0.15) is 17.3 Å². The number of hydrogen-bond donors (Lipinski definition) is 2. The van der Waals surface area contributed by atoms with Crippen molar-refractivity contribution < 1.29 is 19.1 Å². The minimum atomic E-state index is -0.455. The van der Waals surface area contributed by atoms with Gasteiger partial charge < -0.3 is 25.6 Å². The first-order chi connectivity index (χ1) is 15.5. The molecule has 0 saturated carbocycles. The number of thioether (sulfide) groups is 1. The molecule has 2 aromatic carbocycles. The lowest BCUT2D eigenvalue weighted by Gasteiger charge is -2.29. The number of carbonyl (C=O) groups excluding carboxylic acids is 3. The molecule has 1 saturated heterocycles. The summed E-state index contributed by atoms with van der Waals surface area (Å²) in [7, 11) is 0. The molecule has 1 aliphatic rings. The van der Waals surface area contributed by atoms with Crippen LogP contribution in [-0.2, 0) is 14.3 Å². The first kappa shape index (κ1) is 23.6. The van der Waals surface area contributed by atoms with Crippen LogP contribution < -0.4 is 16.0 Å². The third-order valence-electron chi connectivity index (χ3n) is 5.02. The van der Waals surface area contributed by atoms with Crippen molar-refractivity contribution >= 4 is 40.9 Å². The first-order valence-electron chi connectivity index (χ1n) is 10.5. The Labute approximate surface area is 192 Å². The topological polar surface area (TPSA) is 105 Å². The standard InChI is InChI=1S/C23H28N4O4S/c1-2-26(23(30)19-5-3-4-6-20(19)32-16-21(24)28)15-22(29)25-17-7-9-18(10-8-17)27-11-13-31-14-12-27/h3-10H,2,11-16H2,1H3,(H2,24,28)(H,25,29). The van der Waals surface area contributed by atoms with E-state index in [-0.39, 0.29) is 24.1 Å². The molecular weight excluding hydrogens is 428 g/mol. The van der Waals surface area contributed by atoms with Gasteiger partial charge >= 0.3 is 0 Å². The SMILES string of the molecule is CCN(CC(=O)Nc1ccc(N2CCOCC2)cc1)C(=O)c1ccccc1SCC(N)=O. The Morgan fingerprint density at radius 2 is 1.78 bits per heavy atom. The maximum atomic E-state index is 13.0. The number of ether oxygens (including phenoxy) is 1. The van der Waals surface area contributed by atoms with Gasteiger partial charge in [0.05, 0.1) is 24.5 Å². The fourth-order valence-electron chi connectivity index (χ4n) is 3.37. The molecule has 8 nitrogen and oxygen atoms in total. The molecule has 1 heterocycles. The highest BCUT2D eigenvalue weighted by Gasteiger charge is 2.20. The molecule has 0 aromatic heterocycles. The highest BCUT2D eigenvalue weighted by molar-refractivity contribution is 8.00. The maximum absolute atomic E-state index is 13.0. The average molecular weight is 457 g/mol. The highest BCUT2D eigenvalue weighted by Crippen LogP contribution is 2.24. The lowest BCUT2D eigenvalue weighted by atomic mass is 10.2. The summed E-state index contributed by atoms with van der Waals surface area (Å²) in [5, 5.41) is 2.86. The van der Waals surface area contributed by atoms with Crippen molar-refractivity contribution in [1.29, 1.82) is 0 Å². The molecule has 170 valence electrons. The first-order valence-corrected chi connectivity index (χ1v) is 11.5. The van der Waals surface area contributed by atoms with Crippen molar-refractivity contribution in [2.45, 2.75) is 11.8 Å². The smallest absolute Gasteiger partial charge is 0.255 e. The van der Waals surface area contributed by atoms with Crippen LogP contribution >= 0.6 is 11.8 Å². The van der Waals surface area contributed by atoms with Crippen LogP contribution in [0.5, 0.6) is 0 Å². The molecule has 1 aliphatic heterocycles. The van der Waals surface area contributed by atoms with E-state index in [1.165, 1.54) is 16.7 Å². The molecule has 1 fully saturated rings. The van der Waals surface area contributed by atoms with E-state index in [1.54, 1.807) is 24.3 Å². The van der Waals surface area contributed by atoms with E-state index in [0.717, 1.165) is 18.8 Å². The molecule has 0 atom stereocenters. The van der Waals surface area contributed by atoms with Gasteiger partial charge in [-0.15, -0.1) is 11.8 Å². The summed E-state index contributed by atoms with van der Waals surface area (Å²) in [5.74, 6) is -0.916. The van der Waals surface area contributed by atoms with E-state index < -0.39 is 5.91 Å². The largest absolute Gasteiger partial charge is 0.378 e. The number of amides is 3. The predicted molar refractivity (Wildman–Crippen MR) is 126 cm³/mol. The van der Waals surface area contributed by atoms with Gasteiger partial charge in [-0.05, 0) is 43.3 Å². The van der Waals surface area contributed by atoms with E-state index in [0.29, 0.717) is 35.9 Å². The van der Waals surface area contributed by atoms with E-state index in [1.807, 2.05) is 31.2 Å². The molecular formula is C23H28N4O4S. The average Bonchev–Trinajstić information content (AvgIpc) is 2.82. The van der Waals surface area contributed by atoms with Crippen LogP contribution in [0.15, 0.2) is 53.4 Å². The number of rotatable bonds is 9. The Morgan fingerprint density at radius 1 is 1.09 bits per heavy atom. The minimum absolute atomic E-state index is 0.0740. The van der Waals surface area contributed by atoms with Crippen LogP contribution in [-0.4, -0.2) is 67.8 Å². The van der Waals surface area contributed by atoms with Gasteiger partial charge in [-0.3, -0.25) is 14.4 Å². The van der Waals surface area contributed by atoms with E-state index in [2.05, 4.69) is 10.2 Å². The van der Waals surface area contributed by atoms with Crippen molar-refractivity contribution in [1.82, 2.24) is 4.90 Å². The predicted octanol–water partition coefficient (Wildman–Crippen LogP) is 2.20. The summed E-state index contributed by atoms with van der Waals surface area (Å²) in [4.78, 5) is 41.1. The van der Waals surface area contributed by atoms with Crippen molar-refractivity contribution in [2.24, 2.45) is 5.73 Å². The molecule has 3 rings (SSSR count). The Hall–Kier alpha value is -3.04. The van der Waals surface area contributed by atoms with Gasteiger partial charge in [0.15, 0.2) is 0 Å². The van der Waals surface area contributed by atoms with Crippen molar-refractivity contribution in [3.8, 4) is 0 Å². The third-order valence-corrected chi connectivity index (χ3v) is 6.11. The number of benzene rings is 2. The van der Waals surface area contributed by atoms with Crippen LogP contribution in [0.2, 0.25) is 0 Å². The van der Waals surface area contributed by atoms with Gasteiger partial charge in [0, 0.05) is 35.9 Å². The molecule has 0 spiro atoms. The van der Waals surface area contributed by atoms with Crippen molar-refractivity contribution in [2.75, 3.05) is 55.4 Å². The number of nitrogens with two attached hydrogens (primary N) is 1.